The third-order valence-electron chi connectivity index (χ3n) is 4.81. The fourth-order valence-electron chi connectivity index (χ4n) is 3.35. The molecule has 1 fully saturated rings. The molecule has 1 aromatic heterocycles. The van der Waals surface area contributed by atoms with Gasteiger partial charge in [-0.3, -0.25) is 4.90 Å². The van der Waals surface area contributed by atoms with E-state index >= 15 is 0 Å². The van der Waals surface area contributed by atoms with Gasteiger partial charge in [0.05, 0.1) is 38.1 Å². The Labute approximate surface area is 163 Å². The van der Waals surface area contributed by atoms with Crippen LogP contribution in [0.5, 0.6) is 5.75 Å². The predicted molar refractivity (Wildman–Crippen MR) is 102 cm³/mol. The molecule has 2 heterocycles. The summed E-state index contributed by atoms with van der Waals surface area (Å²) in [5.74, 6) is 0.846. The van der Waals surface area contributed by atoms with Crippen molar-refractivity contribution in [1.82, 2.24) is 19.9 Å². The summed E-state index contributed by atoms with van der Waals surface area (Å²) < 4.78 is 12.9. The van der Waals surface area contributed by atoms with Gasteiger partial charge in [0.25, 0.3) is 0 Å². The average molecular weight is 375 g/mol. The third-order valence-corrected chi connectivity index (χ3v) is 4.81. The number of hydrogen-bond acceptors (Lipinski definition) is 6. The molecule has 1 atom stereocenters. The Morgan fingerprint density at radius 1 is 1.18 bits per heavy atom. The van der Waals surface area contributed by atoms with E-state index in [4.69, 9.17) is 9.47 Å². The molecule has 0 bridgehead atoms. The van der Waals surface area contributed by atoms with Crippen molar-refractivity contribution in [1.29, 1.82) is 5.26 Å². The molecule has 7 nitrogen and oxygen atoms in total. The summed E-state index contributed by atoms with van der Waals surface area (Å²) in [5, 5.41) is 17.8. The van der Waals surface area contributed by atoms with Crippen molar-refractivity contribution in [3.8, 4) is 11.8 Å². The van der Waals surface area contributed by atoms with E-state index in [9.17, 15) is 5.26 Å². The number of nitrogens with zero attached hydrogens (tertiary/aromatic N) is 5. The van der Waals surface area contributed by atoms with Crippen LogP contribution < -0.4 is 4.74 Å². The largest absolute Gasteiger partial charge is 0.497 e. The van der Waals surface area contributed by atoms with Crippen LogP contribution in [-0.4, -0.2) is 40.2 Å². The van der Waals surface area contributed by atoms with Gasteiger partial charge in [-0.2, -0.15) is 5.26 Å². The highest BCUT2D eigenvalue weighted by Crippen LogP contribution is 2.27. The van der Waals surface area contributed by atoms with Crippen LogP contribution in [0.2, 0.25) is 0 Å². The van der Waals surface area contributed by atoms with Crippen molar-refractivity contribution in [2.45, 2.75) is 19.3 Å². The first-order valence-corrected chi connectivity index (χ1v) is 9.13. The van der Waals surface area contributed by atoms with Crippen molar-refractivity contribution >= 4 is 0 Å². The van der Waals surface area contributed by atoms with Gasteiger partial charge in [-0.25, -0.2) is 4.68 Å². The lowest BCUT2D eigenvalue weighted by molar-refractivity contribution is 0.0252. The van der Waals surface area contributed by atoms with E-state index in [1.807, 2.05) is 42.6 Å². The highest BCUT2D eigenvalue weighted by atomic mass is 16.5. The van der Waals surface area contributed by atoms with Gasteiger partial charge in [0.1, 0.15) is 11.4 Å². The zero-order valence-electron chi connectivity index (χ0n) is 15.7. The molecule has 1 saturated heterocycles. The Kier molecular flexibility index (Phi) is 5.33. The van der Waals surface area contributed by atoms with Crippen LogP contribution in [0.3, 0.4) is 0 Å². The van der Waals surface area contributed by atoms with Crippen LogP contribution in [0.1, 0.15) is 28.6 Å². The molecule has 0 spiro atoms. The minimum atomic E-state index is -0.220. The Bertz CT molecular complexity index is 977. The molecule has 0 radical (unpaired) electrons. The quantitative estimate of drug-likeness (QED) is 0.659. The molecular weight excluding hydrogens is 354 g/mol. The molecule has 4 rings (SSSR count). The Morgan fingerprint density at radius 2 is 2.00 bits per heavy atom. The lowest BCUT2D eigenvalue weighted by Crippen LogP contribution is -2.23. The zero-order valence-corrected chi connectivity index (χ0v) is 15.7. The summed E-state index contributed by atoms with van der Waals surface area (Å²) in [6.45, 7) is 2.76. The monoisotopic (exact) mass is 375 g/mol. The minimum absolute atomic E-state index is 0.220. The maximum absolute atomic E-state index is 9.25. The first-order valence-electron chi connectivity index (χ1n) is 9.13. The topological polar surface area (TPSA) is 76.2 Å². The second kappa shape index (κ2) is 8.21. The van der Waals surface area contributed by atoms with Gasteiger partial charge in [-0.1, -0.05) is 35.5 Å². The van der Waals surface area contributed by atoms with Gasteiger partial charge in [-0.15, -0.1) is 5.10 Å². The molecule has 3 aromatic rings. The van der Waals surface area contributed by atoms with Gasteiger partial charge >= 0.3 is 0 Å². The molecule has 28 heavy (non-hydrogen) atoms. The van der Waals surface area contributed by atoms with Crippen molar-refractivity contribution in [3.05, 3.63) is 77.1 Å². The number of rotatable bonds is 6. The van der Waals surface area contributed by atoms with E-state index in [-0.39, 0.29) is 6.23 Å². The zero-order chi connectivity index (χ0) is 19.3. The van der Waals surface area contributed by atoms with Crippen LogP contribution in [0.4, 0.5) is 0 Å². The fourth-order valence-corrected chi connectivity index (χ4v) is 3.35. The summed E-state index contributed by atoms with van der Waals surface area (Å²) >= 11 is 0. The number of nitriles is 1. The summed E-state index contributed by atoms with van der Waals surface area (Å²) in [6.07, 6.45) is 1.67. The van der Waals surface area contributed by atoms with Crippen LogP contribution in [0, 0.1) is 11.3 Å². The van der Waals surface area contributed by atoms with Crippen molar-refractivity contribution < 1.29 is 9.47 Å². The molecule has 0 unspecified atom stereocenters. The number of ether oxygens (including phenoxy) is 2. The molecule has 0 saturated carbocycles. The Morgan fingerprint density at radius 3 is 2.79 bits per heavy atom. The lowest BCUT2D eigenvalue weighted by Gasteiger charge is -2.21. The molecule has 0 aliphatic carbocycles. The SMILES string of the molecule is COc1ccc(CN2CCO[C@@H]2c2cn(Cc3ccccc3C#N)nn2)cc1. The third kappa shape index (κ3) is 3.88. The summed E-state index contributed by atoms with van der Waals surface area (Å²) in [7, 11) is 1.66. The summed E-state index contributed by atoms with van der Waals surface area (Å²) in [6, 6.07) is 17.8. The maximum Gasteiger partial charge on any atom is 0.157 e. The van der Waals surface area contributed by atoms with Gasteiger partial charge in [-0.05, 0) is 29.3 Å². The first kappa shape index (κ1) is 18.2. The second-order valence-electron chi connectivity index (χ2n) is 6.65. The van der Waals surface area contributed by atoms with Gasteiger partial charge in [0, 0.05) is 13.1 Å². The molecule has 7 heteroatoms. The lowest BCUT2D eigenvalue weighted by atomic mass is 10.1. The van der Waals surface area contributed by atoms with Crippen LogP contribution in [0.25, 0.3) is 0 Å². The van der Waals surface area contributed by atoms with E-state index < -0.39 is 0 Å². The van der Waals surface area contributed by atoms with Gasteiger partial charge in [0.2, 0.25) is 0 Å². The standard InChI is InChI=1S/C21H21N5O2/c1-27-19-8-6-16(7-9-19)13-25-10-11-28-21(25)20-15-26(24-23-20)14-18-5-3-2-4-17(18)12-22/h2-9,15,21H,10-11,13-14H2,1H3/t21-/m1/s1. The van der Waals surface area contributed by atoms with Gasteiger partial charge < -0.3 is 9.47 Å². The second-order valence-corrected chi connectivity index (χ2v) is 6.65. The van der Waals surface area contributed by atoms with E-state index in [1.54, 1.807) is 11.8 Å². The number of hydrogen-bond donors (Lipinski definition) is 0. The van der Waals surface area contributed by atoms with Crippen LogP contribution >= 0.6 is 0 Å². The summed E-state index contributed by atoms with van der Waals surface area (Å²) in [5.41, 5.74) is 3.54. The normalized spacial score (nSPS) is 16.8. The fraction of sp³-hybridized carbons (Fsp3) is 0.286. The minimum Gasteiger partial charge on any atom is -0.497 e. The Hall–Kier alpha value is -3.21. The average Bonchev–Trinajstić information content (AvgIpc) is 3.38. The smallest absolute Gasteiger partial charge is 0.157 e. The first-order chi connectivity index (χ1) is 13.8. The van der Waals surface area contributed by atoms with E-state index in [0.717, 1.165) is 30.1 Å². The highest BCUT2D eigenvalue weighted by molar-refractivity contribution is 5.37. The van der Waals surface area contributed by atoms with Crippen molar-refractivity contribution in [3.63, 3.8) is 0 Å². The number of methoxy groups -OCH3 is 1. The highest BCUT2D eigenvalue weighted by Gasteiger charge is 2.29. The van der Waals surface area contributed by atoms with Crippen LogP contribution in [0.15, 0.2) is 54.7 Å². The Balaban J connectivity index is 1.47. The molecule has 1 aliphatic rings. The molecule has 2 aromatic carbocycles. The van der Waals surface area contributed by atoms with E-state index in [1.165, 1.54) is 5.56 Å². The molecule has 1 aliphatic heterocycles. The maximum atomic E-state index is 9.25. The summed E-state index contributed by atoms with van der Waals surface area (Å²) in [4.78, 5) is 2.24. The molecule has 0 N–H and O–H groups in total. The van der Waals surface area contributed by atoms with Crippen LogP contribution in [-0.2, 0) is 17.8 Å². The number of benzene rings is 2. The van der Waals surface area contributed by atoms with E-state index in [2.05, 4.69) is 33.4 Å². The van der Waals surface area contributed by atoms with Gasteiger partial charge in [0.15, 0.2) is 6.23 Å². The van der Waals surface area contributed by atoms with Crippen molar-refractivity contribution in [2.75, 3.05) is 20.3 Å². The predicted octanol–water partition coefficient (Wildman–Crippen LogP) is 2.74. The number of aromatic nitrogens is 3. The molecular formula is C21H21N5O2. The molecule has 0 amide bonds. The van der Waals surface area contributed by atoms with Crippen molar-refractivity contribution in [2.24, 2.45) is 0 Å². The molecule has 142 valence electrons. The van der Waals surface area contributed by atoms with E-state index in [0.29, 0.717) is 18.7 Å².